The van der Waals surface area contributed by atoms with Crippen LogP contribution in [0.4, 0.5) is 0 Å². The molecule has 11 atom stereocenters. The summed E-state index contributed by atoms with van der Waals surface area (Å²) in [6, 6.07) is 0.505. The first-order valence-corrected chi connectivity index (χ1v) is 19.3. The van der Waals surface area contributed by atoms with E-state index in [4.69, 9.17) is 9.47 Å². The van der Waals surface area contributed by atoms with Gasteiger partial charge >= 0.3 is 11.9 Å². The lowest BCUT2D eigenvalue weighted by Crippen LogP contribution is -2.75. The molecule has 260 valence electrons. The van der Waals surface area contributed by atoms with Gasteiger partial charge in [-0.25, -0.2) is 0 Å². The Hall–Kier alpha value is -1.22. The Kier molecular flexibility index (Phi) is 9.34. The Morgan fingerprint density at radius 1 is 0.674 bits per heavy atom. The standard InChI is InChI=1S/C38H63N3O5/c1-26(42)45-33-25-38(44)34(41-20-12-7-13-21-41)22-28-29(37(38,4)24-32(33)40-18-10-6-11-19-40)14-15-36(3)30(28)23-31(35(36)46-27(2)43)39-16-8-5-9-17-39/h28-35,44H,5-25H2,1-4H3/t28-,29+,30+,31+,32+,33+,34-,35+,36+,37-,38+/m1/s1. The summed E-state index contributed by atoms with van der Waals surface area (Å²) in [5.41, 5.74) is -1.24. The Bertz CT molecular complexity index is 1120. The van der Waals surface area contributed by atoms with Crippen LogP contribution in [0.15, 0.2) is 0 Å². The third-order valence-electron chi connectivity index (χ3n) is 15.0. The quantitative estimate of drug-likeness (QED) is 0.400. The molecule has 0 aromatic rings. The van der Waals surface area contributed by atoms with Crippen LogP contribution in [-0.4, -0.2) is 107 Å². The van der Waals surface area contributed by atoms with Crippen molar-refractivity contribution < 1.29 is 24.2 Å². The first kappa shape index (κ1) is 33.3. The van der Waals surface area contributed by atoms with Gasteiger partial charge in [-0.2, -0.15) is 0 Å². The number of rotatable bonds is 5. The normalized spacial score (nSPS) is 47.3. The van der Waals surface area contributed by atoms with E-state index < -0.39 is 5.60 Å². The minimum atomic E-state index is -0.911. The zero-order chi connectivity index (χ0) is 32.3. The molecule has 46 heavy (non-hydrogen) atoms. The van der Waals surface area contributed by atoms with E-state index in [0.29, 0.717) is 30.2 Å². The summed E-state index contributed by atoms with van der Waals surface area (Å²) < 4.78 is 12.6. The predicted molar refractivity (Wildman–Crippen MR) is 178 cm³/mol. The van der Waals surface area contributed by atoms with Crippen molar-refractivity contribution in [2.75, 3.05) is 39.3 Å². The number of ether oxygens (including phenoxy) is 2. The highest BCUT2D eigenvalue weighted by Crippen LogP contribution is 2.69. The molecule has 3 heterocycles. The van der Waals surface area contributed by atoms with E-state index in [1.54, 1.807) is 13.8 Å². The van der Waals surface area contributed by atoms with Crippen LogP contribution in [0, 0.1) is 28.6 Å². The van der Waals surface area contributed by atoms with E-state index in [1.807, 2.05) is 0 Å². The van der Waals surface area contributed by atoms with Gasteiger partial charge in [0, 0.05) is 49.2 Å². The summed E-state index contributed by atoms with van der Waals surface area (Å²) in [5.74, 6) is 0.995. The van der Waals surface area contributed by atoms with Crippen molar-refractivity contribution in [3.63, 3.8) is 0 Å². The highest BCUT2D eigenvalue weighted by Gasteiger charge is 2.71. The van der Waals surface area contributed by atoms with E-state index in [0.717, 1.165) is 71.4 Å². The van der Waals surface area contributed by atoms with E-state index >= 15 is 0 Å². The number of hydrogen-bond acceptors (Lipinski definition) is 8. The van der Waals surface area contributed by atoms with Crippen LogP contribution >= 0.6 is 0 Å². The lowest BCUT2D eigenvalue weighted by molar-refractivity contribution is -0.266. The fraction of sp³-hybridized carbons (Fsp3) is 0.947. The van der Waals surface area contributed by atoms with Crippen molar-refractivity contribution in [2.45, 2.75) is 160 Å². The van der Waals surface area contributed by atoms with E-state index in [9.17, 15) is 14.7 Å². The zero-order valence-corrected chi connectivity index (χ0v) is 29.4. The number of piperidine rings is 3. The van der Waals surface area contributed by atoms with Crippen molar-refractivity contribution >= 4 is 11.9 Å². The molecular formula is C38H63N3O5. The van der Waals surface area contributed by atoms with Gasteiger partial charge < -0.3 is 14.6 Å². The average molecular weight is 642 g/mol. The second-order valence-corrected chi connectivity index (χ2v) is 17.3. The van der Waals surface area contributed by atoms with Gasteiger partial charge in [0.15, 0.2) is 0 Å². The monoisotopic (exact) mass is 641 g/mol. The van der Waals surface area contributed by atoms with Gasteiger partial charge in [0.1, 0.15) is 12.2 Å². The smallest absolute Gasteiger partial charge is 0.302 e. The second-order valence-electron chi connectivity index (χ2n) is 17.3. The minimum Gasteiger partial charge on any atom is -0.461 e. The molecule has 3 aliphatic heterocycles. The van der Waals surface area contributed by atoms with Gasteiger partial charge in [0.2, 0.25) is 0 Å². The molecule has 0 aromatic carbocycles. The molecule has 8 heteroatoms. The van der Waals surface area contributed by atoms with Crippen molar-refractivity contribution in [1.82, 2.24) is 14.7 Å². The van der Waals surface area contributed by atoms with E-state index in [-0.39, 0.29) is 47.1 Å². The van der Waals surface area contributed by atoms with Gasteiger partial charge in [0.25, 0.3) is 0 Å². The number of nitrogens with zero attached hydrogens (tertiary/aromatic N) is 3. The number of esters is 2. The molecular weight excluding hydrogens is 578 g/mol. The molecule has 7 aliphatic rings. The SMILES string of the molecule is CC(=O)O[C@H]1C[C@]2(O)[C@H](N3CCCCC3)C[C@H]3[C@@H]4C[C@H](N5CCCCC5)[C@H](OC(C)=O)[C@@]4(C)CC[C@@H]3[C@@]2(C)C[C@@H]1N1CCCCC1. The molecule has 0 spiro atoms. The first-order valence-electron chi connectivity index (χ1n) is 19.3. The van der Waals surface area contributed by atoms with Crippen molar-refractivity contribution in [2.24, 2.45) is 28.6 Å². The van der Waals surface area contributed by atoms with Crippen LogP contribution in [-0.2, 0) is 19.1 Å². The molecule has 0 bridgehead atoms. The maximum atomic E-state index is 13.4. The second kappa shape index (κ2) is 12.9. The van der Waals surface area contributed by atoms with Gasteiger partial charge in [0.05, 0.1) is 5.60 Å². The lowest BCUT2D eigenvalue weighted by Gasteiger charge is -2.69. The van der Waals surface area contributed by atoms with Crippen LogP contribution in [0.25, 0.3) is 0 Å². The maximum Gasteiger partial charge on any atom is 0.302 e. The number of carbonyl (C=O) groups is 2. The summed E-state index contributed by atoms with van der Waals surface area (Å²) in [7, 11) is 0. The Balaban J connectivity index is 1.28. The Morgan fingerprint density at radius 3 is 1.78 bits per heavy atom. The third-order valence-corrected chi connectivity index (χ3v) is 15.0. The number of carbonyl (C=O) groups excluding carboxylic acids is 2. The Labute approximate surface area is 278 Å². The molecule has 8 nitrogen and oxygen atoms in total. The third kappa shape index (κ3) is 5.57. The Morgan fingerprint density at radius 2 is 1.22 bits per heavy atom. The van der Waals surface area contributed by atoms with Crippen LogP contribution < -0.4 is 0 Å². The fourth-order valence-electron chi connectivity index (χ4n) is 12.8. The highest BCUT2D eigenvalue weighted by molar-refractivity contribution is 5.66. The summed E-state index contributed by atoms with van der Waals surface area (Å²) in [6.45, 7) is 14.5. The predicted octanol–water partition coefficient (Wildman–Crippen LogP) is 5.40. The van der Waals surface area contributed by atoms with Crippen LogP contribution in [0.3, 0.4) is 0 Å². The van der Waals surface area contributed by atoms with Gasteiger partial charge in [-0.1, -0.05) is 33.1 Å². The molecule has 4 aliphatic carbocycles. The van der Waals surface area contributed by atoms with Crippen LogP contribution in [0.1, 0.15) is 124 Å². The van der Waals surface area contributed by atoms with E-state index in [2.05, 4.69) is 28.5 Å². The zero-order valence-electron chi connectivity index (χ0n) is 29.4. The van der Waals surface area contributed by atoms with Crippen LogP contribution in [0.5, 0.6) is 0 Å². The molecule has 7 fully saturated rings. The van der Waals surface area contributed by atoms with Crippen molar-refractivity contribution in [1.29, 1.82) is 0 Å². The topological polar surface area (TPSA) is 82.5 Å². The van der Waals surface area contributed by atoms with Crippen molar-refractivity contribution in [3.05, 3.63) is 0 Å². The molecule has 4 saturated carbocycles. The number of likely N-dealkylation sites (tertiary alicyclic amines) is 3. The van der Waals surface area contributed by atoms with E-state index in [1.165, 1.54) is 57.8 Å². The minimum absolute atomic E-state index is 0.0472. The number of fused-ring (bicyclic) bond motifs is 5. The fourth-order valence-corrected chi connectivity index (χ4v) is 12.8. The molecule has 0 amide bonds. The molecule has 3 saturated heterocycles. The van der Waals surface area contributed by atoms with Gasteiger partial charge in [-0.3, -0.25) is 24.3 Å². The number of hydrogen-bond donors (Lipinski definition) is 1. The number of aliphatic hydroxyl groups is 1. The largest absolute Gasteiger partial charge is 0.461 e. The summed E-state index contributed by atoms with van der Waals surface area (Å²) in [4.78, 5) is 33.1. The molecule has 1 N–H and O–H groups in total. The molecule has 0 radical (unpaired) electrons. The summed E-state index contributed by atoms with van der Waals surface area (Å²) in [6.07, 6.45) is 16.4. The average Bonchev–Trinajstić information content (AvgIpc) is 3.33. The van der Waals surface area contributed by atoms with Gasteiger partial charge in [-0.05, 0) is 128 Å². The maximum absolute atomic E-state index is 13.4. The molecule has 0 aromatic heterocycles. The molecule has 7 rings (SSSR count). The summed E-state index contributed by atoms with van der Waals surface area (Å²) in [5, 5.41) is 13.4. The first-order chi connectivity index (χ1) is 22.0. The molecule has 0 unspecified atom stereocenters. The van der Waals surface area contributed by atoms with Crippen LogP contribution in [0.2, 0.25) is 0 Å². The van der Waals surface area contributed by atoms with Gasteiger partial charge in [-0.15, -0.1) is 0 Å². The lowest BCUT2D eigenvalue weighted by atomic mass is 9.41. The van der Waals surface area contributed by atoms with Crippen molar-refractivity contribution in [3.8, 4) is 0 Å². The highest BCUT2D eigenvalue weighted by atomic mass is 16.5. The summed E-state index contributed by atoms with van der Waals surface area (Å²) >= 11 is 0.